The average Bonchev–Trinajstić information content (AvgIpc) is 2.18. The lowest BCUT2D eigenvalue weighted by Crippen LogP contribution is -2.17. The topological polar surface area (TPSA) is 26.3 Å². The first-order chi connectivity index (χ1) is 7.09. The summed E-state index contributed by atoms with van der Waals surface area (Å²) in [5.41, 5.74) is 3.05. The zero-order valence-electron chi connectivity index (χ0n) is 9.46. The largest absolute Gasteiger partial charge is 0.492 e. The number of hydrogen-bond donors (Lipinski definition) is 0. The molecule has 0 aromatic heterocycles. The van der Waals surface area contributed by atoms with Gasteiger partial charge in [0.15, 0.2) is 5.78 Å². The van der Waals surface area contributed by atoms with Gasteiger partial charge in [-0.1, -0.05) is 19.9 Å². The number of ether oxygens (including phenoxy) is 1. The highest BCUT2D eigenvalue weighted by Gasteiger charge is 2.22. The van der Waals surface area contributed by atoms with Crippen LogP contribution in [0, 0.1) is 6.92 Å². The monoisotopic (exact) mass is 204 g/mol. The number of rotatable bonds is 1. The van der Waals surface area contributed by atoms with Crippen LogP contribution < -0.4 is 4.74 Å². The van der Waals surface area contributed by atoms with Crippen LogP contribution in [0.5, 0.6) is 5.75 Å². The Bertz CT molecular complexity index is 405. The molecule has 2 rings (SSSR count). The van der Waals surface area contributed by atoms with Crippen molar-refractivity contribution in [3.05, 3.63) is 28.8 Å². The van der Waals surface area contributed by atoms with E-state index >= 15 is 0 Å². The first kappa shape index (κ1) is 10.2. The van der Waals surface area contributed by atoms with Crippen molar-refractivity contribution >= 4 is 5.78 Å². The molecular weight excluding hydrogens is 188 g/mol. The Morgan fingerprint density at radius 2 is 2.07 bits per heavy atom. The Kier molecular flexibility index (Phi) is 2.51. The lowest BCUT2D eigenvalue weighted by Gasteiger charge is -2.22. The van der Waals surface area contributed by atoms with E-state index in [2.05, 4.69) is 19.9 Å². The maximum atomic E-state index is 11.7. The van der Waals surface area contributed by atoms with Crippen LogP contribution in [0.3, 0.4) is 0 Å². The highest BCUT2D eigenvalue weighted by Crippen LogP contribution is 2.34. The van der Waals surface area contributed by atoms with Crippen LogP contribution in [0.4, 0.5) is 0 Å². The second-order valence-electron chi connectivity index (χ2n) is 4.41. The van der Waals surface area contributed by atoms with Crippen molar-refractivity contribution in [3.63, 3.8) is 0 Å². The van der Waals surface area contributed by atoms with Gasteiger partial charge in [-0.25, -0.2) is 0 Å². The zero-order chi connectivity index (χ0) is 11.0. The van der Waals surface area contributed by atoms with Crippen molar-refractivity contribution in [2.75, 3.05) is 6.61 Å². The van der Waals surface area contributed by atoms with Gasteiger partial charge in [-0.2, -0.15) is 0 Å². The Balaban J connectivity index is 2.62. The third-order valence-electron chi connectivity index (χ3n) is 2.76. The maximum absolute atomic E-state index is 11.7. The Morgan fingerprint density at radius 1 is 1.33 bits per heavy atom. The van der Waals surface area contributed by atoms with E-state index in [0.29, 0.717) is 18.9 Å². The summed E-state index contributed by atoms with van der Waals surface area (Å²) in [4.78, 5) is 11.7. The predicted octanol–water partition coefficient (Wildman–Crippen LogP) is 3.08. The van der Waals surface area contributed by atoms with E-state index in [4.69, 9.17) is 4.74 Å². The molecule has 1 aliphatic heterocycles. The van der Waals surface area contributed by atoms with Crippen molar-refractivity contribution in [1.82, 2.24) is 0 Å². The van der Waals surface area contributed by atoms with Crippen molar-refractivity contribution in [2.24, 2.45) is 0 Å². The molecule has 1 aromatic rings. The first-order valence-corrected chi connectivity index (χ1v) is 5.40. The minimum Gasteiger partial charge on any atom is -0.492 e. The van der Waals surface area contributed by atoms with E-state index in [1.807, 2.05) is 13.0 Å². The quantitative estimate of drug-likeness (QED) is 0.702. The fraction of sp³-hybridized carbons (Fsp3) is 0.462. The average molecular weight is 204 g/mol. The van der Waals surface area contributed by atoms with Gasteiger partial charge in [-0.15, -0.1) is 0 Å². The Hall–Kier alpha value is -1.31. The maximum Gasteiger partial charge on any atom is 0.170 e. The molecule has 0 radical (unpaired) electrons. The number of carbonyl (C=O) groups is 1. The molecule has 0 atom stereocenters. The van der Waals surface area contributed by atoms with E-state index in [-0.39, 0.29) is 5.78 Å². The molecule has 0 fully saturated rings. The molecule has 0 unspecified atom stereocenters. The van der Waals surface area contributed by atoms with Gasteiger partial charge < -0.3 is 4.74 Å². The summed E-state index contributed by atoms with van der Waals surface area (Å²) in [5.74, 6) is 1.42. The van der Waals surface area contributed by atoms with Gasteiger partial charge in [-0.3, -0.25) is 4.79 Å². The molecule has 0 saturated heterocycles. The van der Waals surface area contributed by atoms with Crippen LogP contribution in [0.15, 0.2) is 12.1 Å². The summed E-state index contributed by atoms with van der Waals surface area (Å²) in [7, 11) is 0. The van der Waals surface area contributed by atoms with Crippen molar-refractivity contribution in [3.8, 4) is 5.75 Å². The smallest absolute Gasteiger partial charge is 0.170 e. The summed E-state index contributed by atoms with van der Waals surface area (Å²) in [6, 6.07) is 4.05. The number of Topliss-reactive ketones (excluding diaryl/α,β-unsaturated/α-hetero) is 1. The van der Waals surface area contributed by atoms with Gasteiger partial charge in [0.1, 0.15) is 5.75 Å². The first-order valence-electron chi connectivity index (χ1n) is 5.40. The Labute approximate surface area is 90.3 Å². The molecule has 1 aliphatic rings. The minimum absolute atomic E-state index is 0.210. The number of fused-ring (bicyclic) bond motifs is 1. The normalized spacial score (nSPS) is 15.1. The van der Waals surface area contributed by atoms with E-state index in [1.165, 1.54) is 0 Å². The summed E-state index contributed by atoms with van der Waals surface area (Å²) in [6.45, 7) is 6.79. The van der Waals surface area contributed by atoms with Crippen LogP contribution >= 0.6 is 0 Å². The highest BCUT2D eigenvalue weighted by atomic mass is 16.5. The number of benzene rings is 1. The highest BCUT2D eigenvalue weighted by molar-refractivity contribution is 6.00. The van der Waals surface area contributed by atoms with E-state index < -0.39 is 0 Å². The number of carbonyl (C=O) groups excluding carboxylic acids is 1. The molecule has 0 aliphatic carbocycles. The molecule has 0 bridgehead atoms. The molecule has 1 heterocycles. The summed E-state index contributed by atoms with van der Waals surface area (Å²) in [5, 5.41) is 0. The van der Waals surface area contributed by atoms with Crippen molar-refractivity contribution in [1.29, 1.82) is 0 Å². The van der Waals surface area contributed by atoms with Crippen molar-refractivity contribution in [2.45, 2.75) is 33.1 Å². The minimum atomic E-state index is 0.210. The molecule has 1 aromatic carbocycles. The van der Waals surface area contributed by atoms with Crippen LogP contribution in [-0.2, 0) is 0 Å². The molecule has 15 heavy (non-hydrogen) atoms. The van der Waals surface area contributed by atoms with E-state index in [1.54, 1.807) is 0 Å². The molecule has 0 N–H and O–H groups in total. The zero-order valence-corrected chi connectivity index (χ0v) is 9.46. The SMILES string of the molecule is Cc1cc2c(c(C(C)C)c1)OCCC2=O. The molecule has 0 saturated carbocycles. The second-order valence-corrected chi connectivity index (χ2v) is 4.41. The lowest BCUT2D eigenvalue weighted by atomic mass is 9.93. The fourth-order valence-electron chi connectivity index (χ4n) is 1.98. The molecule has 80 valence electrons. The number of ketones is 1. The van der Waals surface area contributed by atoms with Crippen molar-refractivity contribution < 1.29 is 9.53 Å². The summed E-state index contributed by atoms with van der Waals surface area (Å²) < 4.78 is 5.62. The third-order valence-corrected chi connectivity index (χ3v) is 2.76. The van der Waals surface area contributed by atoms with E-state index in [0.717, 1.165) is 22.4 Å². The van der Waals surface area contributed by atoms with Gasteiger partial charge in [-0.05, 0) is 30.0 Å². The predicted molar refractivity (Wildman–Crippen MR) is 59.7 cm³/mol. The van der Waals surface area contributed by atoms with Gasteiger partial charge in [0, 0.05) is 6.42 Å². The Morgan fingerprint density at radius 3 is 2.73 bits per heavy atom. The third kappa shape index (κ3) is 1.76. The number of aryl methyl sites for hydroxylation is 1. The summed E-state index contributed by atoms with van der Waals surface area (Å²) in [6.07, 6.45) is 0.508. The standard InChI is InChI=1S/C13H16O2/c1-8(2)10-6-9(3)7-11-12(14)4-5-15-13(10)11/h6-8H,4-5H2,1-3H3. The number of hydrogen-bond acceptors (Lipinski definition) is 2. The van der Waals surface area contributed by atoms with Crippen LogP contribution in [-0.4, -0.2) is 12.4 Å². The second kappa shape index (κ2) is 3.69. The molecule has 0 amide bonds. The fourth-order valence-corrected chi connectivity index (χ4v) is 1.98. The molecule has 2 heteroatoms. The van der Waals surface area contributed by atoms with Crippen LogP contribution in [0.1, 0.15) is 47.7 Å². The molecular formula is C13H16O2. The van der Waals surface area contributed by atoms with Crippen LogP contribution in [0.2, 0.25) is 0 Å². The molecule has 2 nitrogen and oxygen atoms in total. The van der Waals surface area contributed by atoms with Gasteiger partial charge in [0.25, 0.3) is 0 Å². The van der Waals surface area contributed by atoms with Gasteiger partial charge in [0.2, 0.25) is 0 Å². The van der Waals surface area contributed by atoms with Crippen LogP contribution in [0.25, 0.3) is 0 Å². The molecule has 0 spiro atoms. The van der Waals surface area contributed by atoms with Gasteiger partial charge in [0.05, 0.1) is 12.2 Å². The summed E-state index contributed by atoms with van der Waals surface area (Å²) >= 11 is 0. The lowest BCUT2D eigenvalue weighted by molar-refractivity contribution is 0.0932. The van der Waals surface area contributed by atoms with Gasteiger partial charge >= 0.3 is 0 Å². The van der Waals surface area contributed by atoms with E-state index in [9.17, 15) is 4.79 Å².